The molecule has 1 amide bonds. The van der Waals surface area contributed by atoms with Gasteiger partial charge in [-0.25, -0.2) is 8.42 Å². The Balaban J connectivity index is 1.91. The number of benzene rings is 2. The van der Waals surface area contributed by atoms with Gasteiger partial charge in [0.15, 0.2) is 0 Å². The standard InChI is InChI=1S/C23H31N3O4S/c1-4-30-21-7-5-6-20(15-21)16-26(17-23(27)25-12-10-24-11-13-25)31(28,29)22-9-8-18(2)19(3)14-22/h5-9,14-15,24H,4,10-13,16-17H2,1-3H3. The highest BCUT2D eigenvalue weighted by Gasteiger charge is 2.29. The van der Waals surface area contributed by atoms with Crippen molar-refractivity contribution in [2.75, 3.05) is 39.3 Å². The summed E-state index contributed by atoms with van der Waals surface area (Å²) in [7, 11) is -3.87. The van der Waals surface area contributed by atoms with Gasteiger partial charge in [-0.2, -0.15) is 4.31 Å². The molecular weight excluding hydrogens is 414 g/mol. The Hall–Kier alpha value is -2.42. The number of nitrogens with zero attached hydrogens (tertiary/aromatic N) is 2. The van der Waals surface area contributed by atoms with Crippen LogP contribution in [0.25, 0.3) is 0 Å². The average Bonchev–Trinajstić information content (AvgIpc) is 2.76. The van der Waals surface area contributed by atoms with Gasteiger partial charge in [0.2, 0.25) is 15.9 Å². The molecule has 31 heavy (non-hydrogen) atoms. The van der Waals surface area contributed by atoms with E-state index in [9.17, 15) is 13.2 Å². The molecule has 8 heteroatoms. The van der Waals surface area contributed by atoms with Gasteiger partial charge in [-0.05, 0) is 61.7 Å². The average molecular weight is 446 g/mol. The zero-order valence-corrected chi connectivity index (χ0v) is 19.2. The molecule has 0 atom stereocenters. The summed E-state index contributed by atoms with van der Waals surface area (Å²) in [5, 5.41) is 3.21. The predicted molar refractivity (Wildman–Crippen MR) is 121 cm³/mol. The Morgan fingerprint density at radius 3 is 2.52 bits per heavy atom. The third-order valence-electron chi connectivity index (χ3n) is 5.47. The molecule has 1 N–H and O–H groups in total. The lowest BCUT2D eigenvalue weighted by Crippen LogP contribution is -2.50. The van der Waals surface area contributed by atoms with E-state index in [0.29, 0.717) is 38.5 Å². The van der Waals surface area contributed by atoms with Crippen LogP contribution in [0, 0.1) is 13.8 Å². The molecule has 168 valence electrons. The molecule has 2 aromatic rings. The Morgan fingerprint density at radius 1 is 1.10 bits per heavy atom. The maximum Gasteiger partial charge on any atom is 0.243 e. The van der Waals surface area contributed by atoms with Crippen molar-refractivity contribution < 1.29 is 17.9 Å². The molecule has 0 unspecified atom stereocenters. The molecule has 0 spiro atoms. The van der Waals surface area contributed by atoms with Crippen LogP contribution in [0.1, 0.15) is 23.6 Å². The first-order chi connectivity index (χ1) is 14.8. The van der Waals surface area contributed by atoms with E-state index in [1.54, 1.807) is 23.1 Å². The highest BCUT2D eigenvalue weighted by molar-refractivity contribution is 7.89. The van der Waals surface area contributed by atoms with Crippen molar-refractivity contribution in [3.05, 3.63) is 59.2 Å². The Morgan fingerprint density at radius 2 is 1.84 bits per heavy atom. The van der Waals surface area contributed by atoms with E-state index in [1.807, 2.05) is 45.0 Å². The smallest absolute Gasteiger partial charge is 0.243 e. The monoisotopic (exact) mass is 445 g/mol. The molecule has 0 aliphatic carbocycles. The number of carbonyl (C=O) groups is 1. The first-order valence-electron chi connectivity index (χ1n) is 10.6. The number of carbonyl (C=O) groups excluding carboxylic acids is 1. The molecule has 1 aliphatic rings. The van der Waals surface area contributed by atoms with Gasteiger partial charge in [-0.1, -0.05) is 18.2 Å². The number of aryl methyl sites for hydroxylation is 2. The van der Waals surface area contributed by atoms with Crippen molar-refractivity contribution in [1.29, 1.82) is 0 Å². The second-order valence-electron chi connectivity index (χ2n) is 7.73. The van der Waals surface area contributed by atoms with Crippen molar-refractivity contribution >= 4 is 15.9 Å². The molecule has 0 bridgehead atoms. The van der Waals surface area contributed by atoms with Gasteiger partial charge in [0.25, 0.3) is 0 Å². The summed E-state index contributed by atoms with van der Waals surface area (Å²) in [6.45, 7) is 8.73. The van der Waals surface area contributed by atoms with E-state index >= 15 is 0 Å². The first-order valence-corrected chi connectivity index (χ1v) is 12.0. The van der Waals surface area contributed by atoms with E-state index < -0.39 is 10.0 Å². The summed E-state index contributed by atoms with van der Waals surface area (Å²) in [6.07, 6.45) is 0. The number of hydrogen-bond donors (Lipinski definition) is 1. The molecule has 1 saturated heterocycles. The zero-order chi connectivity index (χ0) is 22.4. The van der Waals surface area contributed by atoms with Crippen LogP contribution in [-0.2, 0) is 21.4 Å². The maximum absolute atomic E-state index is 13.5. The van der Waals surface area contributed by atoms with Crippen molar-refractivity contribution in [1.82, 2.24) is 14.5 Å². The van der Waals surface area contributed by atoms with Crippen molar-refractivity contribution in [3.63, 3.8) is 0 Å². The minimum atomic E-state index is -3.87. The molecule has 0 radical (unpaired) electrons. The third kappa shape index (κ3) is 5.84. The lowest BCUT2D eigenvalue weighted by molar-refractivity contribution is -0.132. The van der Waals surface area contributed by atoms with Gasteiger partial charge in [0.05, 0.1) is 18.0 Å². The summed E-state index contributed by atoms with van der Waals surface area (Å²) in [5.74, 6) is 0.492. The molecule has 1 aliphatic heterocycles. The fourth-order valence-electron chi connectivity index (χ4n) is 3.52. The maximum atomic E-state index is 13.5. The van der Waals surface area contributed by atoms with Crippen LogP contribution in [0.2, 0.25) is 0 Å². The van der Waals surface area contributed by atoms with Crippen molar-refractivity contribution in [2.45, 2.75) is 32.2 Å². The summed E-state index contributed by atoms with van der Waals surface area (Å²) in [6, 6.07) is 12.4. The van der Waals surface area contributed by atoms with E-state index in [1.165, 1.54) is 4.31 Å². The van der Waals surface area contributed by atoms with Gasteiger partial charge in [-0.15, -0.1) is 0 Å². The highest BCUT2D eigenvalue weighted by atomic mass is 32.2. The SMILES string of the molecule is CCOc1cccc(CN(CC(=O)N2CCNCC2)S(=O)(=O)c2ccc(C)c(C)c2)c1. The van der Waals surface area contributed by atoms with Crippen molar-refractivity contribution in [2.24, 2.45) is 0 Å². The zero-order valence-electron chi connectivity index (χ0n) is 18.4. The number of rotatable bonds is 8. The first kappa shape index (κ1) is 23.2. The lowest BCUT2D eigenvalue weighted by Gasteiger charge is -2.30. The van der Waals surface area contributed by atoms with Gasteiger partial charge in [0.1, 0.15) is 5.75 Å². The second-order valence-corrected chi connectivity index (χ2v) is 9.67. The number of ether oxygens (including phenoxy) is 1. The Labute approximate surface area is 185 Å². The van der Waals surface area contributed by atoms with Crippen molar-refractivity contribution in [3.8, 4) is 5.75 Å². The largest absolute Gasteiger partial charge is 0.494 e. The quantitative estimate of drug-likeness (QED) is 0.675. The number of piperazine rings is 1. The number of sulfonamides is 1. The van der Waals surface area contributed by atoms with Crippen LogP contribution in [0.3, 0.4) is 0 Å². The van der Waals surface area contributed by atoms with E-state index in [0.717, 1.165) is 16.7 Å². The normalized spacial score (nSPS) is 14.6. The number of hydrogen-bond acceptors (Lipinski definition) is 5. The summed E-state index contributed by atoms with van der Waals surface area (Å²) in [5.41, 5.74) is 2.69. The molecule has 0 aromatic heterocycles. The molecule has 0 saturated carbocycles. The fourth-order valence-corrected chi connectivity index (χ4v) is 4.98. The minimum absolute atomic E-state index is 0.0913. The minimum Gasteiger partial charge on any atom is -0.494 e. The molecule has 7 nitrogen and oxygen atoms in total. The van der Waals surface area contributed by atoms with Crippen LogP contribution < -0.4 is 10.1 Å². The van der Waals surface area contributed by atoms with E-state index in [-0.39, 0.29) is 23.9 Å². The molecule has 1 heterocycles. The van der Waals surface area contributed by atoms with Crippen LogP contribution in [-0.4, -0.2) is 62.9 Å². The summed E-state index contributed by atoms with van der Waals surface area (Å²) < 4.78 is 33.9. The molecule has 3 rings (SSSR count). The Bertz CT molecular complexity index is 1020. The van der Waals surface area contributed by atoms with E-state index in [4.69, 9.17) is 4.74 Å². The van der Waals surface area contributed by atoms with Crippen LogP contribution in [0.15, 0.2) is 47.4 Å². The van der Waals surface area contributed by atoms with Crippen LogP contribution >= 0.6 is 0 Å². The third-order valence-corrected chi connectivity index (χ3v) is 7.25. The van der Waals surface area contributed by atoms with Gasteiger partial charge in [-0.3, -0.25) is 4.79 Å². The predicted octanol–water partition coefficient (Wildman–Crippen LogP) is 2.32. The fraction of sp³-hybridized carbons (Fsp3) is 0.435. The Kier molecular flexibility index (Phi) is 7.69. The number of nitrogens with one attached hydrogen (secondary N) is 1. The van der Waals surface area contributed by atoms with Gasteiger partial charge >= 0.3 is 0 Å². The second kappa shape index (κ2) is 10.3. The molecular formula is C23H31N3O4S. The van der Waals surface area contributed by atoms with Gasteiger partial charge in [0, 0.05) is 32.7 Å². The number of amides is 1. The van der Waals surface area contributed by atoms with Crippen LogP contribution in [0.5, 0.6) is 5.75 Å². The highest BCUT2D eigenvalue weighted by Crippen LogP contribution is 2.23. The van der Waals surface area contributed by atoms with E-state index in [2.05, 4.69) is 5.32 Å². The summed E-state index contributed by atoms with van der Waals surface area (Å²) >= 11 is 0. The van der Waals surface area contributed by atoms with Crippen LogP contribution in [0.4, 0.5) is 0 Å². The lowest BCUT2D eigenvalue weighted by atomic mass is 10.1. The van der Waals surface area contributed by atoms with Gasteiger partial charge < -0.3 is 15.0 Å². The molecule has 1 fully saturated rings. The topological polar surface area (TPSA) is 79.0 Å². The molecule has 2 aromatic carbocycles. The summed E-state index contributed by atoms with van der Waals surface area (Å²) in [4.78, 5) is 14.9.